The van der Waals surface area contributed by atoms with Crippen LogP contribution in [0.15, 0.2) is 71.3 Å². The van der Waals surface area contributed by atoms with E-state index in [4.69, 9.17) is 9.26 Å². The lowest BCUT2D eigenvalue weighted by Crippen LogP contribution is -1.97. The normalized spacial score (nSPS) is 10.8. The van der Waals surface area contributed by atoms with Gasteiger partial charge in [0, 0.05) is 23.9 Å². The van der Waals surface area contributed by atoms with Gasteiger partial charge < -0.3 is 9.26 Å². The van der Waals surface area contributed by atoms with Gasteiger partial charge in [-0.15, -0.1) is 0 Å². The van der Waals surface area contributed by atoms with E-state index in [1.54, 1.807) is 12.1 Å². The number of benzene rings is 3. The van der Waals surface area contributed by atoms with E-state index in [9.17, 15) is 10.1 Å². The van der Waals surface area contributed by atoms with E-state index < -0.39 is 4.92 Å². The summed E-state index contributed by atoms with van der Waals surface area (Å²) in [6.07, 6.45) is 0.426. The van der Waals surface area contributed by atoms with Crippen molar-refractivity contribution < 1.29 is 14.2 Å². The van der Waals surface area contributed by atoms with Gasteiger partial charge >= 0.3 is 0 Å². The van der Waals surface area contributed by atoms with Crippen LogP contribution < -0.4 is 4.74 Å². The fourth-order valence-corrected chi connectivity index (χ4v) is 2.80. The zero-order valence-corrected chi connectivity index (χ0v) is 14.2. The molecule has 1 heterocycles. The Morgan fingerprint density at radius 2 is 1.78 bits per heavy atom. The Hall–Kier alpha value is -3.74. The zero-order chi connectivity index (χ0) is 18.6. The summed E-state index contributed by atoms with van der Waals surface area (Å²) in [5, 5.41) is 16.8. The maximum absolute atomic E-state index is 10.7. The number of fused-ring (bicyclic) bond motifs is 1. The van der Waals surface area contributed by atoms with E-state index >= 15 is 0 Å². The molecule has 1 aromatic heterocycles. The maximum atomic E-state index is 10.7. The van der Waals surface area contributed by atoms with Crippen molar-refractivity contribution in [2.24, 2.45) is 0 Å². The third kappa shape index (κ3) is 3.77. The Bertz CT molecular complexity index is 1080. The molecule has 7 heteroatoms. The van der Waals surface area contributed by atoms with Crippen LogP contribution in [0.4, 0.5) is 5.69 Å². The van der Waals surface area contributed by atoms with Gasteiger partial charge in [0.2, 0.25) is 0 Å². The summed E-state index contributed by atoms with van der Waals surface area (Å²) >= 11 is 0. The SMILES string of the molecule is O=[N+]([O-])c1ccc(Cc2noc(COc3cccc4ccccc34)n2)cc1. The molecule has 0 unspecified atom stereocenters. The van der Waals surface area contributed by atoms with Crippen molar-refractivity contribution in [3.63, 3.8) is 0 Å². The number of hydrogen-bond acceptors (Lipinski definition) is 6. The molecule has 0 saturated heterocycles. The average molecular weight is 361 g/mol. The van der Waals surface area contributed by atoms with Crippen LogP contribution in [0.2, 0.25) is 0 Å². The Balaban J connectivity index is 1.43. The lowest BCUT2D eigenvalue weighted by atomic mass is 10.1. The van der Waals surface area contributed by atoms with Crippen LogP contribution in [0, 0.1) is 10.1 Å². The van der Waals surface area contributed by atoms with Gasteiger partial charge in [0.25, 0.3) is 11.6 Å². The molecule has 0 aliphatic carbocycles. The highest BCUT2D eigenvalue weighted by atomic mass is 16.6. The van der Waals surface area contributed by atoms with Crippen molar-refractivity contribution in [3.8, 4) is 5.75 Å². The molecule has 134 valence electrons. The highest BCUT2D eigenvalue weighted by Gasteiger charge is 2.10. The first-order valence-electron chi connectivity index (χ1n) is 8.34. The molecule has 0 fully saturated rings. The third-order valence-electron chi connectivity index (χ3n) is 4.12. The molecule has 3 aromatic carbocycles. The molecular formula is C20H15N3O4. The fourth-order valence-electron chi connectivity index (χ4n) is 2.80. The molecule has 0 amide bonds. The molecule has 0 radical (unpaired) electrons. The molecule has 0 atom stereocenters. The minimum Gasteiger partial charge on any atom is -0.483 e. The van der Waals surface area contributed by atoms with Gasteiger partial charge in [-0.05, 0) is 17.0 Å². The summed E-state index contributed by atoms with van der Waals surface area (Å²) < 4.78 is 11.1. The molecule has 4 rings (SSSR count). The summed E-state index contributed by atoms with van der Waals surface area (Å²) in [4.78, 5) is 14.6. The average Bonchev–Trinajstić information content (AvgIpc) is 3.14. The van der Waals surface area contributed by atoms with Crippen molar-refractivity contribution in [3.05, 3.63) is 94.1 Å². The number of nitro benzene ring substituents is 1. The number of non-ortho nitro benzene ring substituents is 1. The first kappa shape index (κ1) is 16.7. The van der Waals surface area contributed by atoms with Gasteiger partial charge in [-0.2, -0.15) is 4.98 Å². The van der Waals surface area contributed by atoms with Crippen molar-refractivity contribution in [2.75, 3.05) is 0 Å². The van der Waals surface area contributed by atoms with Gasteiger partial charge in [-0.3, -0.25) is 10.1 Å². The van der Waals surface area contributed by atoms with E-state index in [2.05, 4.69) is 10.1 Å². The van der Waals surface area contributed by atoms with E-state index in [0.717, 1.165) is 22.1 Å². The van der Waals surface area contributed by atoms with Crippen molar-refractivity contribution >= 4 is 16.5 Å². The second-order valence-corrected chi connectivity index (χ2v) is 5.97. The number of nitrogens with zero attached hydrogens (tertiary/aromatic N) is 3. The second-order valence-electron chi connectivity index (χ2n) is 5.97. The van der Waals surface area contributed by atoms with Crippen molar-refractivity contribution in [2.45, 2.75) is 13.0 Å². The number of nitro groups is 1. The third-order valence-corrected chi connectivity index (χ3v) is 4.12. The van der Waals surface area contributed by atoms with Crippen LogP contribution in [-0.4, -0.2) is 15.1 Å². The lowest BCUT2D eigenvalue weighted by molar-refractivity contribution is -0.384. The highest BCUT2D eigenvalue weighted by molar-refractivity contribution is 5.88. The minimum atomic E-state index is -0.430. The summed E-state index contributed by atoms with van der Waals surface area (Å²) in [6, 6.07) is 20.1. The number of hydrogen-bond donors (Lipinski definition) is 0. The number of aromatic nitrogens is 2. The largest absolute Gasteiger partial charge is 0.483 e. The quantitative estimate of drug-likeness (QED) is 0.375. The Labute approximate surface area is 154 Å². The number of rotatable bonds is 6. The highest BCUT2D eigenvalue weighted by Crippen LogP contribution is 2.25. The molecule has 0 spiro atoms. The summed E-state index contributed by atoms with van der Waals surface area (Å²) in [5.74, 6) is 1.63. The first-order valence-corrected chi connectivity index (χ1v) is 8.34. The topological polar surface area (TPSA) is 91.3 Å². The van der Waals surface area contributed by atoms with Gasteiger partial charge in [0.15, 0.2) is 12.4 Å². The minimum absolute atomic E-state index is 0.0519. The van der Waals surface area contributed by atoms with E-state index in [0.29, 0.717) is 18.1 Å². The molecule has 0 aliphatic heterocycles. The second kappa shape index (κ2) is 7.25. The predicted octanol–water partition coefficient (Wildman–Crippen LogP) is 4.30. The molecule has 0 saturated carbocycles. The zero-order valence-electron chi connectivity index (χ0n) is 14.2. The van der Waals surface area contributed by atoms with E-state index in [-0.39, 0.29) is 12.3 Å². The summed E-state index contributed by atoms with van der Waals surface area (Å²) in [5.41, 5.74) is 0.916. The van der Waals surface area contributed by atoms with Crippen molar-refractivity contribution in [1.29, 1.82) is 0 Å². The van der Waals surface area contributed by atoms with Crippen LogP contribution in [0.5, 0.6) is 5.75 Å². The van der Waals surface area contributed by atoms with Gasteiger partial charge in [0.05, 0.1) is 4.92 Å². The van der Waals surface area contributed by atoms with Crippen LogP contribution in [0.3, 0.4) is 0 Å². The lowest BCUT2D eigenvalue weighted by Gasteiger charge is -2.06. The Morgan fingerprint density at radius 3 is 2.59 bits per heavy atom. The monoisotopic (exact) mass is 361 g/mol. The fraction of sp³-hybridized carbons (Fsp3) is 0.100. The Morgan fingerprint density at radius 1 is 1.00 bits per heavy atom. The van der Waals surface area contributed by atoms with Gasteiger partial charge in [0.1, 0.15) is 5.75 Å². The number of ether oxygens (including phenoxy) is 1. The van der Waals surface area contributed by atoms with Crippen LogP contribution >= 0.6 is 0 Å². The summed E-state index contributed by atoms with van der Waals surface area (Å²) in [7, 11) is 0. The standard InChI is InChI=1S/C20H15N3O4/c24-23(25)16-10-8-14(9-11-16)12-19-21-20(27-22-19)13-26-18-7-3-5-15-4-1-2-6-17(15)18/h1-11H,12-13H2. The molecule has 7 nitrogen and oxygen atoms in total. The molecule has 0 bridgehead atoms. The van der Waals surface area contributed by atoms with Crippen molar-refractivity contribution in [1.82, 2.24) is 10.1 Å². The Kier molecular flexibility index (Phi) is 4.49. The molecule has 0 aliphatic rings. The van der Waals surface area contributed by atoms with Crippen LogP contribution in [0.25, 0.3) is 10.8 Å². The van der Waals surface area contributed by atoms with Crippen LogP contribution in [-0.2, 0) is 13.0 Å². The van der Waals surface area contributed by atoms with E-state index in [1.165, 1.54) is 12.1 Å². The molecule has 0 N–H and O–H groups in total. The summed E-state index contributed by atoms with van der Waals surface area (Å²) in [6.45, 7) is 0.168. The molecule has 27 heavy (non-hydrogen) atoms. The molecular weight excluding hydrogens is 346 g/mol. The smallest absolute Gasteiger partial charge is 0.269 e. The first-order chi connectivity index (χ1) is 13.2. The molecule has 4 aromatic rings. The van der Waals surface area contributed by atoms with Crippen LogP contribution in [0.1, 0.15) is 17.3 Å². The van der Waals surface area contributed by atoms with E-state index in [1.807, 2.05) is 42.5 Å². The van der Waals surface area contributed by atoms with Gasteiger partial charge in [-0.1, -0.05) is 53.7 Å². The maximum Gasteiger partial charge on any atom is 0.269 e. The predicted molar refractivity (Wildman–Crippen MR) is 98.5 cm³/mol. The van der Waals surface area contributed by atoms with Gasteiger partial charge in [-0.25, -0.2) is 0 Å².